The van der Waals surface area contributed by atoms with Gasteiger partial charge >= 0.3 is 0 Å². The fourth-order valence-corrected chi connectivity index (χ4v) is 4.54. The summed E-state index contributed by atoms with van der Waals surface area (Å²) in [7, 11) is 0. The van der Waals surface area contributed by atoms with Crippen LogP contribution in [0, 0.1) is 5.92 Å². The molecule has 0 unspecified atom stereocenters. The third-order valence-corrected chi connectivity index (χ3v) is 6.32. The van der Waals surface area contributed by atoms with E-state index in [4.69, 9.17) is 4.74 Å². The molecule has 0 saturated carbocycles. The number of rotatable bonds is 5. The van der Waals surface area contributed by atoms with Crippen LogP contribution < -0.4 is 0 Å². The monoisotopic (exact) mass is 371 g/mol. The number of hydrogen-bond acceptors (Lipinski definition) is 4. The summed E-state index contributed by atoms with van der Waals surface area (Å²) < 4.78 is 5.47. The molecule has 0 radical (unpaired) electrons. The van der Waals surface area contributed by atoms with Gasteiger partial charge in [-0.25, -0.2) is 0 Å². The number of benzene rings is 1. The minimum Gasteiger partial charge on any atom is -0.381 e. The molecule has 1 aromatic rings. The Morgan fingerprint density at radius 2 is 1.52 bits per heavy atom. The molecule has 0 aromatic heterocycles. The van der Waals surface area contributed by atoms with Crippen LogP contribution in [0.3, 0.4) is 0 Å². The summed E-state index contributed by atoms with van der Waals surface area (Å²) in [6, 6.07) is 8.30. The van der Waals surface area contributed by atoms with Gasteiger partial charge in [-0.1, -0.05) is 12.1 Å². The van der Waals surface area contributed by atoms with E-state index in [0.717, 1.165) is 70.3 Å². The molecule has 0 aliphatic carbocycles. The van der Waals surface area contributed by atoms with Crippen molar-refractivity contribution >= 4 is 5.91 Å². The number of carbonyl (C=O) groups is 1. The first-order chi connectivity index (χ1) is 13.3. The maximum absolute atomic E-state index is 12.5. The average molecular weight is 372 g/mol. The second-order valence-electron chi connectivity index (χ2n) is 8.33. The lowest BCUT2D eigenvalue weighted by Gasteiger charge is -2.37. The Balaban J connectivity index is 1.22. The Morgan fingerprint density at radius 3 is 2.19 bits per heavy atom. The van der Waals surface area contributed by atoms with Gasteiger partial charge in [0.05, 0.1) is 0 Å². The number of carbonyl (C=O) groups excluding carboxylic acids is 1. The SMILES string of the molecule is O=C(c1ccc(CN2CCN(CC3CCOCC3)CC2)cc1)N1CCCC1. The highest BCUT2D eigenvalue weighted by atomic mass is 16.5. The molecular formula is C22H33N3O2. The van der Waals surface area contributed by atoms with Crippen molar-refractivity contribution in [3.63, 3.8) is 0 Å². The Hall–Kier alpha value is -1.43. The van der Waals surface area contributed by atoms with Crippen molar-refractivity contribution in [2.75, 3.05) is 59.0 Å². The maximum atomic E-state index is 12.5. The molecule has 27 heavy (non-hydrogen) atoms. The molecular weight excluding hydrogens is 338 g/mol. The molecule has 148 valence electrons. The van der Waals surface area contributed by atoms with Crippen LogP contribution in [-0.2, 0) is 11.3 Å². The number of likely N-dealkylation sites (tertiary alicyclic amines) is 1. The minimum absolute atomic E-state index is 0.195. The van der Waals surface area contributed by atoms with Crippen molar-refractivity contribution < 1.29 is 9.53 Å². The molecule has 3 aliphatic heterocycles. The van der Waals surface area contributed by atoms with Crippen molar-refractivity contribution in [3.8, 4) is 0 Å². The summed E-state index contributed by atoms with van der Waals surface area (Å²) in [4.78, 5) is 19.6. The van der Waals surface area contributed by atoms with Gasteiger partial charge in [0.2, 0.25) is 0 Å². The van der Waals surface area contributed by atoms with Crippen molar-refractivity contribution in [3.05, 3.63) is 35.4 Å². The minimum atomic E-state index is 0.195. The van der Waals surface area contributed by atoms with Crippen LogP contribution in [0.4, 0.5) is 0 Å². The Morgan fingerprint density at radius 1 is 0.889 bits per heavy atom. The van der Waals surface area contributed by atoms with Gasteiger partial charge in [-0.05, 0) is 49.3 Å². The molecule has 0 bridgehead atoms. The van der Waals surface area contributed by atoms with Crippen LogP contribution in [0.5, 0.6) is 0 Å². The molecule has 0 atom stereocenters. The second kappa shape index (κ2) is 9.18. The summed E-state index contributed by atoms with van der Waals surface area (Å²) in [5.41, 5.74) is 2.15. The summed E-state index contributed by atoms with van der Waals surface area (Å²) in [5.74, 6) is 1.02. The zero-order valence-electron chi connectivity index (χ0n) is 16.4. The lowest BCUT2D eigenvalue weighted by molar-refractivity contribution is 0.0415. The number of piperazine rings is 1. The van der Waals surface area contributed by atoms with E-state index >= 15 is 0 Å². The summed E-state index contributed by atoms with van der Waals surface area (Å²) in [6.45, 7) is 10.6. The summed E-state index contributed by atoms with van der Waals surface area (Å²) >= 11 is 0. The Kier molecular flexibility index (Phi) is 6.43. The fourth-order valence-electron chi connectivity index (χ4n) is 4.54. The molecule has 3 fully saturated rings. The van der Waals surface area contributed by atoms with Crippen molar-refractivity contribution in [2.45, 2.75) is 32.2 Å². The highest BCUT2D eigenvalue weighted by molar-refractivity contribution is 5.94. The predicted octanol–water partition coefficient (Wildman–Crippen LogP) is 2.47. The molecule has 5 nitrogen and oxygen atoms in total. The predicted molar refractivity (Wildman–Crippen MR) is 107 cm³/mol. The van der Waals surface area contributed by atoms with E-state index < -0.39 is 0 Å². The van der Waals surface area contributed by atoms with Gasteiger partial charge in [0.15, 0.2) is 0 Å². The smallest absolute Gasteiger partial charge is 0.253 e. The van der Waals surface area contributed by atoms with Crippen LogP contribution in [0.2, 0.25) is 0 Å². The van der Waals surface area contributed by atoms with E-state index in [1.807, 2.05) is 17.0 Å². The molecule has 1 aromatic carbocycles. The molecule has 0 N–H and O–H groups in total. The van der Waals surface area contributed by atoms with Crippen molar-refractivity contribution in [1.29, 1.82) is 0 Å². The van der Waals surface area contributed by atoms with E-state index in [1.165, 1.54) is 38.0 Å². The molecule has 4 rings (SSSR count). The molecule has 1 amide bonds. The van der Waals surface area contributed by atoms with Crippen LogP contribution in [0.15, 0.2) is 24.3 Å². The zero-order chi connectivity index (χ0) is 18.5. The van der Waals surface area contributed by atoms with Gasteiger partial charge in [0.1, 0.15) is 0 Å². The Bertz CT molecular complexity index is 598. The lowest BCUT2D eigenvalue weighted by atomic mass is 9.99. The first-order valence-corrected chi connectivity index (χ1v) is 10.7. The van der Waals surface area contributed by atoms with E-state index in [-0.39, 0.29) is 5.91 Å². The molecule has 3 heterocycles. The normalized spacial score (nSPS) is 23.0. The first kappa shape index (κ1) is 18.9. The number of nitrogens with zero attached hydrogens (tertiary/aromatic N) is 3. The Labute approximate surface area is 163 Å². The fraction of sp³-hybridized carbons (Fsp3) is 0.682. The van der Waals surface area contributed by atoms with Gasteiger partial charge in [-0.3, -0.25) is 9.69 Å². The standard InChI is InChI=1S/C22H33N3O2/c26-22(25-9-1-2-10-25)21-5-3-19(4-6-21)17-23-11-13-24(14-12-23)18-20-7-15-27-16-8-20/h3-6,20H,1-2,7-18H2. The second-order valence-corrected chi connectivity index (χ2v) is 8.33. The van der Waals surface area contributed by atoms with Gasteiger partial charge in [0.25, 0.3) is 5.91 Å². The average Bonchev–Trinajstić information content (AvgIpc) is 3.25. The van der Waals surface area contributed by atoms with E-state index in [2.05, 4.69) is 21.9 Å². The maximum Gasteiger partial charge on any atom is 0.253 e. The van der Waals surface area contributed by atoms with Gasteiger partial charge in [-0.15, -0.1) is 0 Å². The van der Waals surface area contributed by atoms with Crippen molar-refractivity contribution in [1.82, 2.24) is 14.7 Å². The molecule has 3 saturated heterocycles. The van der Waals surface area contributed by atoms with E-state index in [9.17, 15) is 4.79 Å². The quantitative estimate of drug-likeness (QED) is 0.797. The van der Waals surface area contributed by atoms with Gasteiger partial charge in [-0.2, -0.15) is 0 Å². The molecule has 0 spiro atoms. The third kappa shape index (κ3) is 5.09. The topological polar surface area (TPSA) is 36.0 Å². The van der Waals surface area contributed by atoms with Gasteiger partial charge < -0.3 is 14.5 Å². The highest BCUT2D eigenvalue weighted by Crippen LogP contribution is 2.18. The summed E-state index contributed by atoms with van der Waals surface area (Å²) in [5, 5.41) is 0. The zero-order valence-corrected chi connectivity index (χ0v) is 16.4. The highest BCUT2D eigenvalue weighted by Gasteiger charge is 2.22. The van der Waals surface area contributed by atoms with E-state index in [1.54, 1.807) is 0 Å². The first-order valence-electron chi connectivity index (χ1n) is 10.7. The number of hydrogen-bond donors (Lipinski definition) is 0. The van der Waals surface area contributed by atoms with E-state index in [0.29, 0.717) is 0 Å². The van der Waals surface area contributed by atoms with Crippen molar-refractivity contribution in [2.24, 2.45) is 5.92 Å². The van der Waals surface area contributed by atoms with Crippen LogP contribution >= 0.6 is 0 Å². The lowest BCUT2D eigenvalue weighted by Crippen LogP contribution is -2.47. The van der Waals surface area contributed by atoms with Gasteiger partial charge in [0, 0.05) is 71.1 Å². The third-order valence-electron chi connectivity index (χ3n) is 6.32. The number of ether oxygens (including phenoxy) is 1. The summed E-state index contributed by atoms with van der Waals surface area (Å²) in [6.07, 6.45) is 4.74. The van der Waals surface area contributed by atoms with Crippen LogP contribution in [0.1, 0.15) is 41.6 Å². The number of amides is 1. The van der Waals surface area contributed by atoms with Crippen LogP contribution in [0.25, 0.3) is 0 Å². The van der Waals surface area contributed by atoms with Crippen LogP contribution in [-0.4, -0.2) is 79.6 Å². The largest absolute Gasteiger partial charge is 0.381 e. The molecule has 3 aliphatic rings. The molecule has 5 heteroatoms.